The number of aromatic amines is 1. The van der Waals surface area contributed by atoms with Gasteiger partial charge >= 0.3 is 0 Å². The molecule has 0 spiro atoms. The van der Waals surface area contributed by atoms with Crippen molar-refractivity contribution in [2.75, 3.05) is 0 Å². The van der Waals surface area contributed by atoms with Crippen molar-refractivity contribution < 1.29 is 4.39 Å². The molecule has 0 fully saturated rings. The van der Waals surface area contributed by atoms with E-state index in [1.54, 1.807) is 6.20 Å². The summed E-state index contributed by atoms with van der Waals surface area (Å²) in [6.07, 6.45) is 6.54. The van der Waals surface area contributed by atoms with Crippen LogP contribution in [0.3, 0.4) is 0 Å². The molecule has 0 unspecified atom stereocenters. The van der Waals surface area contributed by atoms with E-state index < -0.39 is 0 Å². The maximum Gasteiger partial charge on any atom is 0.221 e. The van der Waals surface area contributed by atoms with E-state index in [1.807, 2.05) is 46.5 Å². The highest BCUT2D eigenvalue weighted by Crippen LogP contribution is 2.28. The Balaban J connectivity index is 1.52. The molecule has 0 radical (unpaired) electrons. The van der Waals surface area contributed by atoms with Crippen LogP contribution in [0.5, 0.6) is 0 Å². The minimum absolute atomic E-state index is 0.299. The van der Waals surface area contributed by atoms with Crippen molar-refractivity contribution >= 4 is 27.1 Å². The SMILES string of the molecule is CCCCc1nc2c(C)ccnc2n1Cc1ccc(-n2cc(Br)cc2-c2nn[nH]n2)cc1F. The lowest BCUT2D eigenvalue weighted by Gasteiger charge is -2.12. The Labute approximate surface area is 198 Å². The van der Waals surface area contributed by atoms with Crippen molar-refractivity contribution in [3.63, 3.8) is 0 Å². The summed E-state index contributed by atoms with van der Waals surface area (Å²) in [5.74, 6) is 1.07. The molecular formula is C23H22BrFN8. The smallest absolute Gasteiger partial charge is 0.221 e. The van der Waals surface area contributed by atoms with E-state index in [1.165, 1.54) is 6.07 Å². The van der Waals surface area contributed by atoms with Crippen LogP contribution in [0.1, 0.15) is 36.7 Å². The number of fused-ring (bicyclic) bond motifs is 1. The van der Waals surface area contributed by atoms with Gasteiger partial charge in [-0.05, 0) is 64.3 Å². The standard InChI is InChI=1S/C23H22BrFN8/c1-3-4-5-20-27-21-14(2)8-9-26-23(21)33(20)12-15-6-7-17(11-18(15)25)32-13-16(24)10-19(32)22-28-30-31-29-22/h6-11,13H,3-5,12H2,1-2H3,(H,28,29,30,31). The highest BCUT2D eigenvalue weighted by molar-refractivity contribution is 9.10. The van der Waals surface area contributed by atoms with Gasteiger partial charge in [0.25, 0.3) is 0 Å². The zero-order valence-electron chi connectivity index (χ0n) is 18.3. The molecule has 0 amide bonds. The van der Waals surface area contributed by atoms with Gasteiger partial charge in [-0.2, -0.15) is 5.21 Å². The third kappa shape index (κ3) is 4.06. The average molecular weight is 509 g/mol. The van der Waals surface area contributed by atoms with Crippen LogP contribution < -0.4 is 0 Å². The molecule has 4 heterocycles. The topological polar surface area (TPSA) is 90.1 Å². The number of tetrazole rings is 1. The van der Waals surface area contributed by atoms with Crippen molar-refractivity contribution in [2.24, 2.45) is 0 Å². The molecule has 5 rings (SSSR count). The molecule has 33 heavy (non-hydrogen) atoms. The number of nitrogens with zero attached hydrogens (tertiary/aromatic N) is 7. The minimum Gasteiger partial charge on any atom is -0.312 e. The number of hydrogen-bond donors (Lipinski definition) is 1. The molecule has 0 aliphatic rings. The second-order valence-electron chi connectivity index (χ2n) is 7.94. The van der Waals surface area contributed by atoms with Crippen molar-refractivity contribution in [1.82, 2.24) is 39.7 Å². The van der Waals surface area contributed by atoms with Crippen LogP contribution >= 0.6 is 15.9 Å². The maximum atomic E-state index is 15.3. The molecule has 8 nitrogen and oxygen atoms in total. The molecule has 1 N–H and O–H groups in total. The summed E-state index contributed by atoms with van der Waals surface area (Å²) in [5, 5.41) is 14.2. The van der Waals surface area contributed by atoms with E-state index in [0.717, 1.165) is 46.3 Å². The third-order valence-corrected chi connectivity index (χ3v) is 6.11. The van der Waals surface area contributed by atoms with Gasteiger partial charge in [0.15, 0.2) is 5.65 Å². The highest BCUT2D eigenvalue weighted by atomic mass is 79.9. The van der Waals surface area contributed by atoms with Crippen LogP contribution in [-0.4, -0.2) is 39.7 Å². The molecule has 0 atom stereocenters. The van der Waals surface area contributed by atoms with Crippen molar-refractivity contribution in [3.05, 3.63) is 70.0 Å². The molecule has 0 saturated carbocycles. The number of nitrogens with one attached hydrogen (secondary N) is 1. The third-order valence-electron chi connectivity index (χ3n) is 5.67. The van der Waals surface area contributed by atoms with Gasteiger partial charge in [-0.25, -0.2) is 14.4 Å². The second kappa shape index (κ2) is 8.86. The van der Waals surface area contributed by atoms with E-state index in [-0.39, 0.29) is 5.82 Å². The van der Waals surface area contributed by atoms with Crippen LogP contribution in [0.4, 0.5) is 4.39 Å². The Bertz CT molecular complexity index is 1420. The predicted octanol–water partition coefficient (Wildman–Crippen LogP) is 5.00. The number of halogens is 2. The highest BCUT2D eigenvalue weighted by Gasteiger charge is 2.17. The number of imidazole rings is 1. The van der Waals surface area contributed by atoms with Crippen LogP contribution in [0.2, 0.25) is 0 Å². The summed E-state index contributed by atoms with van der Waals surface area (Å²) in [5.41, 5.74) is 4.68. The van der Waals surface area contributed by atoms with E-state index in [9.17, 15) is 0 Å². The van der Waals surface area contributed by atoms with Gasteiger partial charge in [0, 0.05) is 34.5 Å². The molecule has 1 aromatic carbocycles. The lowest BCUT2D eigenvalue weighted by molar-refractivity contribution is 0.593. The first-order valence-corrected chi connectivity index (χ1v) is 11.6. The lowest BCUT2D eigenvalue weighted by atomic mass is 10.1. The van der Waals surface area contributed by atoms with Gasteiger partial charge in [0.1, 0.15) is 17.2 Å². The number of unbranched alkanes of at least 4 members (excludes halogenated alkanes) is 1. The van der Waals surface area contributed by atoms with Gasteiger partial charge in [-0.3, -0.25) is 0 Å². The average Bonchev–Trinajstić information content (AvgIpc) is 3.53. The number of benzene rings is 1. The fourth-order valence-electron chi connectivity index (χ4n) is 3.95. The Hall–Kier alpha value is -3.40. The van der Waals surface area contributed by atoms with Crippen molar-refractivity contribution in [1.29, 1.82) is 0 Å². The molecule has 0 aliphatic carbocycles. The number of H-pyrrole nitrogens is 1. The van der Waals surface area contributed by atoms with E-state index >= 15 is 4.39 Å². The Kier molecular flexibility index (Phi) is 5.76. The lowest BCUT2D eigenvalue weighted by Crippen LogP contribution is -2.08. The fourth-order valence-corrected chi connectivity index (χ4v) is 4.37. The summed E-state index contributed by atoms with van der Waals surface area (Å²) in [6.45, 7) is 4.54. The molecule has 0 aliphatic heterocycles. The van der Waals surface area contributed by atoms with Crippen LogP contribution in [-0.2, 0) is 13.0 Å². The monoisotopic (exact) mass is 508 g/mol. The normalized spacial score (nSPS) is 11.5. The largest absolute Gasteiger partial charge is 0.312 e. The molecule has 5 aromatic rings. The van der Waals surface area contributed by atoms with Gasteiger partial charge in [0.05, 0.1) is 12.2 Å². The number of aryl methyl sites for hydroxylation is 2. The van der Waals surface area contributed by atoms with Gasteiger partial charge < -0.3 is 9.13 Å². The van der Waals surface area contributed by atoms with E-state index in [2.05, 4.69) is 48.5 Å². The van der Waals surface area contributed by atoms with Crippen LogP contribution in [0.25, 0.3) is 28.4 Å². The summed E-state index contributed by atoms with van der Waals surface area (Å²) >= 11 is 3.48. The Morgan fingerprint density at radius 2 is 2.06 bits per heavy atom. The van der Waals surface area contributed by atoms with Gasteiger partial charge in [0.2, 0.25) is 5.82 Å². The molecule has 4 aromatic heterocycles. The van der Waals surface area contributed by atoms with E-state index in [0.29, 0.717) is 29.3 Å². The fraction of sp³-hybridized carbons (Fsp3) is 0.261. The number of pyridine rings is 1. The Morgan fingerprint density at radius 1 is 1.18 bits per heavy atom. The van der Waals surface area contributed by atoms with Gasteiger partial charge in [-0.1, -0.05) is 19.4 Å². The van der Waals surface area contributed by atoms with E-state index in [4.69, 9.17) is 4.98 Å². The second-order valence-corrected chi connectivity index (χ2v) is 8.86. The molecule has 10 heteroatoms. The zero-order valence-corrected chi connectivity index (χ0v) is 19.8. The predicted molar refractivity (Wildman–Crippen MR) is 127 cm³/mol. The molecular weight excluding hydrogens is 487 g/mol. The summed E-state index contributed by atoms with van der Waals surface area (Å²) < 4.78 is 20.0. The molecule has 0 bridgehead atoms. The summed E-state index contributed by atoms with van der Waals surface area (Å²) in [6, 6.07) is 9.04. The molecule has 168 valence electrons. The summed E-state index contributed by atoms with van der Waals surface area (Å²) in [7, 11) is 0. The minimum atomic E-state index is -0.299. The first-order valence-electron chi connectivity index (χ1n) is 10.8. The maximum absolute atomic E-state index is 15.3. The Morgan fingerprint density at radius 3 is 2.82 bits per heavy atom. The van der Waals surface area contributed by atoms with Crippen molar-refractivity contribution in [3.8, 4) is 17.2 Å². The molecule has 0 saturated heterocycles. The quantitative estimate of drug-likeness (QED) is 0.334. The van der Waals surface area contributed by atoms with Crippen LogP contribution in [0.15, 0.2) is 47.2 Å². The zero-order chi connectivity index (χ0) is 22.9. The first-order chi connectivity index (χ1) is 16.0. The number of aromatic nitrogens is 8. The summed E-state index contributed by atoms with van der Waals surface area (Å²) in [4.78, 5) is 9.38. The van der Waals surface area contributed by atoms with Crippen molar-refractivity contribution in [2.45, 2.75) is 39.7 Å². The van der Waals surface area contributed by atoms with Crippen LogP contribution in [0, 0.1) is 12.7 Å². The number of rotatable bonds is 7. The number of hydrogen-bond acceptors (Lipinski definition) is 5. The van der Waals surface area contributed by atoms with Gasteiger partial charge in [-0.15, -0.1) is 10.2 Å². The first kappa shape index (κ1) is 21.4.